The lowest BCUT2D eigenvalue weighted by Crippen LogP contribution is -2.11. The predicted molar refractivity (Wildman–Crippen MR) is 75.8 cm³/mol. The molecule has 1 aromatic carbocycles. The summed E-state index contributed by atoms with van der Waals surface area (Å²) in [4.78, 5) is 0. The molecule has 0 radical (unpaired) electrons. The summed E-state index contributed by atoms with van der Waals surface area (Å²) in [5, 5.41) is 9.37. The van der Waals surface area contributed by atoms with Gasteiger partial charge in [0.2, 0.25) is 0 Å². The summed E-state index contributed by atoms with van der Waals surface area (Å²) >= 11 is 0. The Bertz CT molecular complexity index is 377. The molecule has 0 saturated heterocycles. The third-order valence-corrected chi connectivity index (χ3v) is 3.45. The minimum atomic E-state index is -0.790. The van der Waals surface area contributed by atoms with Crippen LogP contribution in [0.25, 0.3) is 0 Å². The fourth-order valence-corrected chi connectivity index (χ4v) is 2.05. The molecule has 0 aliphatic heterocycles. The fourth-order valence-electron chi connectivity index (χ4n) is 2.05. The van der Waals surface area contributed by atoms with E-state index >= 15 is 0 Å². The van der Waals surface area contributed by atoms with Gasteiger partial charge in [-0.25, -0.2) is 4.39 Å². The van der Waals surface area contributed by atoms with Crippen molar-refractivity contribution in [3.05, 3.63) is 29.6 Å². The molecule has 0 aliphatic rings. The normalized spacial score (nSPS) is 14.2. The molecule has 0 amide bonds. The first-order valence-corrected chi connectivity index (χ1v) is 7.18. The van der Waals surface area contributed by atoms with Gasteiger partial charge in [-0.2, -0.15) is 0 Å². The zero-order chi connectivity index (χ0) is 14.3. The Labute approximate surface area is 115 Å². The summed E-state index contributed by atoms with van der Waals surface area (Å²) in [5.41, 5.74) is 0.311. The van der Waals surface area contributed by atoms with Crippen LogP contribution in [0.3, 0.4) is 0 Å². The number of benzene rings is 1. The molecule has 2 atom stereocenters. The van der Waals surface area contributed by atoms with Gasteiger partial charge in [0.05, 0.1) is 12.7 Å². The Morgan fingerprint density at radius 1 is 1.32 bits per heavy atom. The first-order chi connectivity index (χ1) is 9.08. The van der Waals surface area contributed by atoms with E-state index in [1.807, 2.05) is 0 Å². The molecule has 0 heterocycles. The Kier molecular flexibility index (Phi) is 6.85. The summed E-state index contributed by atoms with van der Waals surface area (Å²) in [6.45, 7) is 6.51. The number of unbranched alkanes of at least 4 members (excludes halogenated alkanes) is 1. The number of hydrogen-bond donors (Lipinski definition) is 1. The molecule has 0 aromatic heterocycles. The molecule has 3 heteroatoms. The summed E-state index contributed by atoms with van der Waals surface area (Å²) in [6, 6.07) is 4.66. The molecule has 0 bridgehead atoms. The van der Waals surface area contributed by atoms with Crippen LogP contribution >= 0.6 is 0 Å². The van der Waals surface area contributed by atoms with E-state index < -0.39 is 11.9 Å². The second-order valence-electron chi connectivity index (χ2n) is 5.09. The van der Waals surface area contributed by atoms with Crippen LogP contribution in [0, 0.1) is 11.7 Å². The van der Waals surface area contributed by atoms with Gasteiger partial charge >= 0.3 is 0 Å². The number of hydrogen-bond acceptors (Lipinski definition) is 2. The molecule has 0 saturated carbocycles. The summed E-state index contributed by atoms with van der Waals surface area (Å²) in [6.07, 6.45) is 3.84. The van der Waals surface area contributed by atoms with Crippen molar-refractivity contribution in [2.75, 3.05) is 6.61 Å². The van der Waals surface area contributed by atoms with Crippen LogP contribution in [0.2, 0.25) is 0 Å². The molecule has 108 valence electrons. The number of aliphatic hydroxyl groups excluding tert-OH is 1. The van der Waals surface area contributed by atoms with Crippen LogP contribution in [-0.4, -0.2) is 11.7 Å². The second kappa shape index (κ2) is 8.16. The lowest BCUT2D eigenvalue weighted by molar-refractivity contribution is 0.193. The highest BCUT2D eigenvalue weighted by atomic mass is 19.1. The fraction of sp³-hybridized carbons (Fsp3) is 0.625. The van der Waals surface area contributed by atoms with E-state index in [-0.39, 0.29) is 0 Å². The molecule has 1 N–H and O–H groups in total. The molecular weight excluding hydrogens is 243 g/mol. The average Bonchev–Trinajstić information content (AvgIpc) is 2.38. The highest BCUT2D eigenvalue weighted by molar-refractivity contribution is 5.30. The standard InChI is InChI=1S/C16H25FO2/c1-4-6-7-13(5-2)11-19-14-8-9-15(12(3)18)16(17)10-14/h8-10,12-13,18H,4-7,11H2,1-3H3. The SMILES string of the molecule is CCCCC(CC)COc1ccc(C(C)O)c(F)c1. The van der Waals surface area contributed by atoms with Crippen molar-refractivity contribution < 1.29 is 14.2 Å². The number of rotatable bonds is 8. The van der Waals surface area contributed by atoms with Crippen LogP contribution in [0.4, 0.5) is 4.39 Å². The van der Waals surface area contributed by atoms with E-state index in [9.17, 15) is 9.50 Å². The molecule has 19 heavy (non-hydrogen) atoms. The highest BCUT2D eigenvalue weighted by Gasteiger charge is 2.11. The monoisotopic (exact) mass is 268 g/mol. The Morgan fingerprint density at radius 3 is 2.58 bits per heavy atom. The molecule has 2 unspecified atom stereocenters. The minimum Gasteiger partial charge on any atom is -0.493 e. The average molecular weight is 268 g/mol. The maximum atomic E-state index is 13.7. The molecule has 0 spiro atoms. The van der Waals surface area contributed by atoms with Crippen LogP contribution in [0.15, 0.2) is 18.2 Å². The smallest absolute Gasteiger partial charge is 0.132 e. The van der Waals surface area contributed by atoms with Crippen molar-refractivity contribution in [1.29, 1.82) is 0 Å². The van der Waals surface area contributed by atoms with E-state index in [0.717, 1.165) is 12.8 Å². The van der Waals surface area contributed by atoms with Gasteiger partial charge in [0.1, 0.15) is 11.6 Å². The Hall–Kier alpha value is -1.09. The Morgan fingerprint density at radius 2 is 2.05 bits per heavy atom. The quantitative estimate of drug-likeness (QED) is 0.753. The largest absolute Gasteiger partial charge is 0.493 e. The molecule has 2 nitrogen and oxygen atoms in total. The lowest BCUT2D eigenvalue weighted by Gasteiger charge is -2.16. The molecule has 1 rings (SSSR count). The van der Waals surface area contributed by atoms with E-state index in [2.05, 4.69) is 13.8 Å². The maximum absolute atomic E-state index is 13.7. The minimum absolute atomic E-state index is 0.311. The predicted octanol–water partition coefficient (Wildman–Crippen LogP) is 4.47. The highest BCUT2D eigenvalue weighted by Crippen LogP contribution is 2.23. The van der Waals surface area contributed by atoms with Gasteiger partial charge in [-0.05, 0) is 31.4 Å². The number of halogens is 1. The van der Waals surface area contributed by atoms with Crippen molar-refractivity contribution in [1.82, 2.24) is 0 Å². The van der Waals surface area contributed by atoms with Crippen molar-refractivity contribution >= 4 is 0 Å². The summed E-state index contributed by atoms with van der Waals surface area (Å²) in [7, 11) is 0. The first-order valence-electron chi connectivity index (χ1n) is 7.18. The van der Waals surface area contributed by atoms with Crippen LogP contribution < -0.4 is 4.74 Å². The van der Waals surface area contributed by atoms with E-state index in [0.29, 0.717) is 23.8 Å². The van der Waals surface area contributed by atoms with Gasteiger partial charge in [0.25, 0.3) is 0 Å². The third kappa shape index (κ3) is 5.19. The van der Waals surface area contributed by atoms with Crippen molar-refractivity contribution in [2.24, 2.45) is 5.92 Å². The maximum Gasteiger partial charge on any atom is 0.132 e. The van der Waals surface area contributed by atoms with Gasteiger partial charge < -0.3 is 9.84 Å². The van der Waals surface area contributed by atoms with Crippen molar-refractivity contribution in [3.8, 4) is 5.75 Å². The zero-order valence-electron chi connectivity index (χ0n) is 12.2. The first kappa shape index (κ1) is 16.0. The third-order valence-electron chi connectivity index (χ3n) is 3.45. The molecule has 0 aliphatic carbocycles. The molecule has 1 aromatic rings. The van der Waals surface area contributed by atoms with Crippen LogP contribution in [0.5, 0.6) is 5.75 Å². The van der Waals surface area contributed by atoms with E-state index in [1.54, 1.807) is 19.1 Å². The van der Waals surface area contributed by atoms with Gasteiger partial charge in [0.15, 0.2) is 0 Å². The van der Waals surface area contributed by atoms with Crippen LogP contribution in [-0.2, 0) is 0 Å². The van der Waals surface area contributed by atoms with Gasteiger partial charge in [-0.1, -0.05) is 33.1 Å². The topological polar surface area (TPSA) is 29.5 Å². The lowest BCUT2D eigenvalue weighted by atomic mass is 10.0. The van der Waals surface area contributed by atoms with Gasteiger partial charge in [0, 0.05) is 11.6 Å². The zero-order valence-corrected chi connectivity index (χ0v) is 12.2. The van der Waals surface area contributed by atoms with Gasteiger partial charge in [-0.3, -0.25) is 0 Å². The van der Waals surface area contributed by atoms with Gasteiger partial charge in [-0.15, -0.1) is 0 Å². The Balaban J connectivity index is 2.55. The molecule has 0 fully saturated rings. The molecular formula is C16H25FO2. The van der Waals surface area contributed by atoms with E-state index in [4.69, 9.17) is 4.74 Å². The second-order valence-corrected chi connectivity index (χ2v) is 5.09. The number of ether oxygens (including phenoxy) is 1. The van der Waals surface area contributed by atoms with Crippen LogP contribution in [0.1, 0.15) is 58.1 Å². The van der Waals surface area contributed by atoms with E-state index in [1.165, 1.54) is 18.9 Å². The van der Waals surface area contributed by atoms with Crippen molar-refractivity contribution in [3.63, 3.8) is 0 Å². The van der Waals surface area contributed by atoms with Crippen molar-refractivity contribution in [2.45, 2.75) is 52.6 Å². The summed E-state index contributed by atoms with van der Waals surface area (Å²) in [5.74, 6) is 0.658. The summed E-state index contributed by atoms with van der Waals surface area (Å²) < 4.78 is 19.3. The number of aliphatic hydroxyl groups is 1.